The van der Waals surface area contributed by atoms with Crippen LogP contribution in [0.5, 0.6) is 0 Å². The molecule has 0 aromatic rings. The minimum atomic E-state index is 0.209. The number of hydrogen-bond donors (Lipinski definition) is 1. The van der Waals surface area contributed by atoms with Crippen molar-refractivity contribution in [1.29, 1.82) is 0 Å². The number of hydrogen-bond acceptors (Lipinski definition) is 0. The summed E-state index contributed by atoms with van der Waals surface area (Å²) in [4.78, 5) is 3.59. The molecule has 0 aromatic carbocycles. The van der Waals surface area contributed by atoms with Crippen LogP contribution in [0.15, 0.2) is 0 Å². The van der Waals surface area contributed by atoms with Gasteiger partial charge < -0.3 is 0 Å². The lowest BCUT2D eigenvalue weighted by molar-refractivity contribution is -0.552. The van der Waals surface area contributed by atoms with E-state index in [1.165, 1.54) is 5.71 Å². The fourth-order valence-corrected chi connectivity index (χ4v) is 2.03. The van der Waals surface area contributed by atoms with Crippen molar-refractivity contribution in [1.82, 2.24) is 0 Å². The summed E-state index contributed by atoms with van der Waals surface area (Å²) in [6.45, 7) is 16.1. The van der Waals surface area contributed by atoms with Crippen molar-refractivity contribution >= 4 is 5.71 Å². The third-order valence-electron chi connectivity index (χ3n) is 4.56. The van der Waals surface area contributed by atoms with E-state index < -0.39 is 0 Å². The first-order chi connectivity index (χ1) is 5.13. The Morgan fingerprint density at radius 3 is 1.42 bits per heavy atom. The molecule has 0 amide bonds. The maximum absolute atomic E-state index is 3.59. The van der Waals surface area contributed by atoms with E-state index in [-0.39, 0.29) is 11.0 Å². The largest absolute Gasteiger partial charge is 0.244 e. The van der Waals surface area contributed by atoms with E-state index in [0.29, 0.717) is 5.41 Å². The molecule has 0 saturated carbocycles. The van der Waals surface area contributed by atoms with Gasteiger partial charge in [-0.2, -0.15) is 0 Å². The maximum atomic E-state index is 3.59. The molecule has 12 heavy (non-hydrogen) atoms. The smallest absolute Gasteiger partial charge is 0.160 e. The van der Waals surface area contributed by atoms with Crippen molar-refractivity contribution in [2.75, 3.05) is 0 Å². The summed E-state index contributed by atoms with van der Waals surface area (Å²) in [5.41, 5.74) is 2.22. The Balaban J connectivity index is 3.22. The van der Waals surface area contributed by atoms with Crippen molar-refractivity contribution in [2.45, 2.75) is 54.0 Å². The molecule has 0 unspecified atom stereocenters. The first-order valence-corrected chi connectivity index (χ1v) is 4.75. The monoisotopic (exact) mass is 168 g/mol. The van der Waals surface area contributed by atoms with Crippen molar-refractivity contribution in [3.8, 4) is 0 Å². The predicted octanol–water partition coefficient (Wildman–Crippen LogP) is 1.37. The molecular weight excluding hydrogens is 146 g/mol. The minimum Gasteiger partial charge on any atom is -0.244 e. The summed E-state index contributed by atoms with van der Waals surface area (Å²) >= 11 is 0. The van der Waals surface area contributed by atoms with Crippen LogP contribution in [-0.4, -0.2) is 11.3 Å². The molecule has 0 radical (unpaired) electrons. The molecule has 1 aliphatic rings. The fraction of sp³-hybridized carbons (Fsp3) is 0.909. The normalized spacial score (nSPS) is 30.1. The molecule has 0 aliphatic carbocycles. The van der Waals surface area contributed by atoms with E-state index in [2.05, 4.69) is 53.5 Å². The van der Waals surface area contributed by atoms with Crippen molar-refractivity contribution in [3.05, 3.63) is 0 Å². The third kappa shape index (κ3) is 0.884. The van der Waals surface area contributed by atoms with E-state index >= 15 is 0 Å². The molecule has 1 aliphatic heterocycles. The second kappa shape index (κ2) is 2.12. The van der Waals surface area contributed by atoms with Crippen molar-refractivity contribution in [3.63, 3.8) is 0 Å². The van der Waals surface area contributed by atoms with Crippen LogP contribution in [0.1, 0.15) is 48.5 Å². The van der Waals surface area contributed by atoms with Gasteiger partial charge in [0.1, 0.15) is 0 Å². The summed E-state index contributed by atoms with van der Waals surface area (Å²) in [6, 6.07) is 0. The van der Waals surface area contributed by atoms with Gasteiger partial charge in [0, 0.05) is 26.2 Å². The first kappa shape index (κ1) is 9.76. The molecule has 0 saturated heterocycles. The molecule has 1 N–H and O–H groups in total. The summed E-state index contributed by atoms with van der Waals surface area (Å²) in [5.74, 6) is 0. The zero-order valence-electron chi connectivity index (χ0n) is 9.50. The molecule has 0 spiro atoms. The molecule has 1 heteroatoms. The molecular formula is C11H22N+. The van der Waals surface area contributed by atoms with E-state index in [0.717, 1.165) is 0 Å². The van der Waals surface area contributed by atoms with Gasteiger partial charge in [0.15, 0.2) is 11.3 Å². The van der Waals surface area contributed by atoms with Gasteiger partial charge in [-0.15, -0.1) is 0 Å². The topological polar surface area (TPSA) is 14.0 Å². The van der Waals surface area contributed by atoms with Gasteiger partial charge in [0.25, 0.3) is 0 Å². The van der Waals surface area contributed by atoms with Gasteiger partial charge in [-0.1, -0.05) is 13.8 Å². The summed E-state index contributed by atoms with van der Waals surface area (Å²) in [5, 5.41) is 0. The molecule has 1 rings (SSSR count). The molecule has 0 atom stereocenters. The van der Waals surface area contributed by atoms with Gasteiger partial charge in [-0.05, 0) is 13.8 Å². The van der Waals surface area contributed by atoms with Crippen LogP contribution in [0, 0.1) is 10.8 Å². The van der Waals surface area contributed by atoms with Gasteiger partial charge >= 0.3 is 0 Å². The Labute approximate surface area is 76.3 Å². The number of rotatable bonds is 0. The van der Waals surface area contributed by atoms with Crippen LogP contribution in [-0.2, 0) is 0 Å². The Bertz CT molecular complexity index is 231. The molecule has 70 valence electrons. The van der Waals surface area contributed by atoms with Crippen molar-refractivity contribution in [2.24, 2.45) is 10.8 Å². The van der Waals surface area contributed by atoms with Crippen LogP contribution in [0.25, 0.3) is 0 Å². The molecule has 0 bridgehead atoms. The first-order valence-electron chi connectivity index (χ1n) is 4.75. The molecule has 1 heterocycles. The average Bonchev–Trinajstić information content (AvgIpc) is 1.92. The lowest BCUT2D eigenvalue weighted by Crippen LogP contribution is -2.84. The summed E-state index contributed by atoms with van der Waals surface area (Å²) < 4.78 is 0. The van der Waals surface area contributed by atoms with E-state index in [1.807, 2.05) is 0 Å². The van der Waals surface area contributed by atoms with E-state index in [4.69, 9.17) is 0 Å². The third-order valence-corrected chi connectivity index (χ3v) is 4.56. The molecule has 1 nitrogen and oxygen atoms in total. The second-order valence-electron chi connectivity index (χ2n) is 5.62. The Morgan fingerprint density at radius 2 is 1.33 bits per heavy atom. The van der Waals surface area contributed by atoms with Crippen LogP contribution in [0.4, 0.5) is 0 Å². The van der Waals surface area contributed by atoms with Crippen LogP contribution >= 0.6 is 0 Å². The zero-order valence-corrected chi connectivity index (χ0v) is 9.50. The molecule has 0 fully saturated rings. The lowest BCUT2D eigenvalue weighted by Gasteiger charge is -2.38. The summed E-state index contributed by atoms with van der Waals surface area (Å²) in [6.07, 6.45) is 0. The Hall–Kier alpha value is -0.330. The zero-order chi connectivity index (χ0) is 9.78. The number of nitrogens with one attached hydrogen (secondary N) is 1. The molecule has 0 aromatic heterocycles. The van der Waals surface area contributed by atoms with Crippen LogP contribution in [0.3, 0.4) is 0 Å². The predicted molar refractivity (Wildman–Crippen MR) is 53.3 cm³/mol. The van der Waals surface area contributed by atoms with Crippen LogP contribution < -0.4 is 4.99 Å². The standard InChI is InChI=1S/C11H21N/c1-8-9(2,3)10(4,5)11(6,7)12-8/h1-7H3/p+1. The highest BCUT2D eigenvalue weighted by Gasteiger charge is 2.59. The van der Waals surface area contributed by atoms with Gasteiger partial charge in [0.05, 0.1) is 5.41 Å². The maximum Gasteiger partial charge on any atom is 0.160 e. The highest BCUT2D eigenvalue weighted by atomic mass is 15.0. The van der Waals surface area contributed by atoms with Gasteiger partial charge in [-0.3, -0.25) is 0 Å². The highest BCUT2D eigenvalue weighted by Crippen LogP contribution is 2.47. The Morgan fingerprint density at radius 1 is 0.917 bits per heavy atom. The van der Waals surface area contributed by atoms with Gasteiger partial charge in [-0.25, -0.2) is 4.99 Å². The van der Waals surface area contributed by atoms with Crippen LogP contribution in [0.2, 0.25) is 0 Å². The quantitative estimate of drug-likeness (QED) is 0.561. The Kier molecular flexibility index (Phi) is 1.73. The SMILES string of the molecule is CC1=[NH+]C(C)(C)C(C)(C)C1(C)C. The van der Waals surface area contributed by atoms with E-state index in [9.17, 15) is 0 Å². The van der Waals surface area contributed by atoms with E-state index in [1.54, 1.807) is 0 Å². The summed E-state index contributed by atoms with van der Waals surface area (Å²) in [7, 11) is 0. The second-order valence-corrected chi connectivity index (χ2v) is 5.62. The lowest BCUT2D eigenvalue weighted by atomic mass is 9.60. The fourth-order valence-electron chi connectivity index (χ4n) is 2.03. The average molecular weight is 168 g/mol. The van der Waals surface area contributed by atoms with Gasteiger partial charge in [0.2, 0.25) is 0 Å². The highest BCUT2D eigenvalue weighted by molar-refractivity contribution is 5.84. The minimum absolute atomic E-state index is 0.209. The van der Waals surface area contributed by atoms with Crippen molar-refractivity contribution < 1.29 is 4.99 Å².